The van der Waals surface area contributed by atoms with Gasteiger partial charge in [-0.3, -0.25) is 9.59 Å². The highest BCUT2D eigenvalue weighted by Gasteiger charge is 2.37. The van der Waals surface area contributed by atoms with E-state index >= 15 is 0 Å². The maximum Gasteiger partial charge on any atom is 0.228 e. The van der Waals surface area contributed by atoms with Crippen molar-refractivity contribution in [1.82, 2.24) is 9.88 Å². The third kappa shape index (κ3) is 4.67. The monoisotopic (exact) mass is 430 g/mol. The molecule has 1 aromatic heterocycles. The molecule has 0 aliphatic carbocycles. The molecular weight excluding hydrogens is 404 g/mol. The van der Waals surface area contributed by atoms with E-state index < -0.39 is 0 Å². The number of pyridine rings is 1. The Morgan fingerprint density at radius 1 is 1.07 bits per heavy atom. The maximum atomic E-state index is 13.1. The fourth-order valence-corrected chi connectivity index (χ4v) is 4.05. The zero-order valence-electron chi connectivity index (χ0n) is 17.1. The van der Waals surface area contributed by atoms with Crippen LogP contribution in [-0.4, -0.2) is 61.5 Å². The van der Waals surface area contributed by atoms with Crippen molar-refractivity contribution >= 4 is 35.7 Å². The highest BCUT2D eigenvalue weighted by Crippen LogP contribution is 2.28. The summed E-state index contributed by atoms with van der Waals surface area (Å²) >= 11 is 0. The molecule has 2 fully saturated rings. The third-order valence-corrected chi connectivity index (χ3v) is 5.64. The van der Waals surface area contributed by atoms with E-state index in [1.54, 1.807) is 18.2 Å². The van der Waals surface area contributed by atoms with Crippen molar-refractivity contribution in [2.45, 2.75) is 12.8 Å². The van der Waals surface area contributed by atoms with Crippen LogP contribution >= 0.6 is 12.4 Å². The number of methoxy groups -OCH3 is 1. The fraction of sp³-hybridized carbons (Fsp3) is 0.409. The lowest BCUT2D eigenvalue weighted by atomic mass is 10.1. The minimum absolute atomic E-state index is 0. The molecule has 0 spiro atoms. The summed E-state index contributed by atoms with van der Waals surface area (Å²) in [5, 5.41) is 0. The van der Waals surface area contributed by atoms with E-state index in [1.807, 2.05) is 47.4 Å². The fourth-order valence-electron chi connectivity index (χ4n) is 4.05. The molecule has 1 unspecified atom stereocenters. The van der Waals surface area contributed by atoms with E-state index in [1.165, 1.54) is 0 Å². The second-order valence-corrected chi connectivity index (χ2v) is 7.46. The topological polar surface area (TPSA) is 66.0 Å². The van der Waals surface area contributed by atoms with Gasteiger partial charge in [0.25, 0.3) is 0 Å². The Morgan fingerprint density at radius 3 is 2.57 bits per heavy atom. The van der Waals surface area contributed by atoms with Crippen LogP contribution in [0.3, 0.4) is 0 Å². The van der Waals surface area contributed by atoms with Crippen molar-refractivity contribution < 1.29 is 14.3 Å². The van der Waals surface area contributed by atoms with E-state index in [4.69, 9.17) is 4.74 Å². The largest absolute Gasteiger partial charge is 0.497 e. The number of benzene rings is 1. The van der Waals surface area contributed by atoms with Crippen molar-refractivity contribution in [1.29, 1.82) is 0 Å². The first-order valence-electron chi connectivity index (χ1n) is 10.0. The number of carbonyl (C=O) groups is 2. The van der Waals surface area contributed by atoms with Crippen LogP contribution in [0.25, 0.3) is 0 Å². The van der Waals surface area contributed by atoms with Gasteiger partial charge in [-0.15, -0.1) is 12.4 Å². The van der Waals surface area contributed by atoms with Gasteiger partial charge >= 0.3 is 0 Å². The van der Waals surface area contributed by atoms with E-state index in [-0.39, 0.29) is 36.6 Å². The van der Waals surface area contributed by atoms with Gasteiger partial charge in [-0.2, -0.15) is 0 Å². The number of nitrogens with zero attached hydrogens (tertiary/aromatic N) is 4. The molecular formula is C22H27ClN4O3. The normalized spacial score (nSPS) is 19.3. The molecule has 2 amide bonds. The maximum absolute atomic E-state index is 13.1. The number of hydrogen-bond donors (Lipinski definition) is 0. The number of amides is 2. The summed E-state index contributed by atoms with van der Waals surface area (Å²) in [5.74, 6) is 1.49. The van der Waals surface area contributed by atoms with E-state index in [0.29, 0.717) is 13.1 Å². The summed E-state index contributed by atoms with van der Waals surface area (Å²) in [4.78, 5) is 35.9. The first-order valence-corrected chi connectivity index (χ1v) is 10.0. The van der Waals surface area contributed by atoms with Gasteiger partial charge in [0.1, 0.15) is 11.6 Å². The Bertz CT molecular complexity index is 862. The summed E-state index contributed by atoms with van der Waals surface area (Å²) in [7, 11) is 1.61. The number of hydrogen-bond acceptors (Lipinski definition) is 5. The Morgan fingerprint density at radius 2 is 1.87 bits per heavy atom. The van der Waals surface area contributed by atoms with Crippen LogP contribution in [0.1, 0.15) is 12.8 Å². The number of ether oxygens (including phenoxy) is 1. The number of halogens is 1. The predicted octanol–water partition coefficient (Wildman–Crippen LogP) is 2.60. The molecule has 0 bridgehead atoms. The minimum Gasteiger partial charge on any atom is -0.497 e. The smallest absolute Gasteiger partial charge is 0.228 e. The summed E-state index contributed by atoms with van der Waals surface area (Å²) in [5.41, 5.74) is 0.809. The molecule has 4 rings (SSSR count). The Hall–Kier alpha value is -2.80. The molecule has 8 heteroatoms. The van der Waals surface area contributed by atoms with E-state index in [9.17, 15) is 9.59 Å². The lowest BCUT2D eigenvalue weighted by Crippen LogP contribution is -2.40. The summed E-state index contributed by atoms with van der Waals surface area (Å²) in [6.45, 7) is 3.44. The van der Waals surface area contributed by atoms with Crippen molar-refractivity contribution in [3.05, 3.63) is 48.7 Å². The van der Waals surface area contributed by atoms with Crippen LogP contribution in [0, 0.1) is 5.92 Å². The van der Waals surface area contributed by atoms with E-state index in [2.05, 4.69) is 9.88 Å². The Kier molecular flexibility index (Phi) is 7.15. The lowest BCUT2D eigenvalue weighted by Gasteiger charge is -2.25. The summed E-state index contributed by atoms with van der Waals surface area (Å²) in [6.07, 6.45) is 2.96. The second kappa shape index (κ2) is 9.80. The number of carbonyl (C=O) groups excluding carboxylic acids is 2. The molecule has 1 atom stereocenters. The number of rotatable bonds is 4. The van der Waals surface area contributed by atoms with Crippen LogP contribution in [0.2, 0.25) is 0 Å². The average Bonchev–Trinajstić information content (AvgIpc) is 2.99. The van der Waals surface area contributed by atoms with Crippen molar-refractivity contribution in [3.63, 3.8) is 0 Å². The quantitative estimate of drug-likeness (QED) is 0.746. The Labute approximate surface area is 183 Å². The van der Waals surface area contributed by atoms with Crippen LogP contribution in [-0.2, 0) is 9.59 Å². The highest BCUT2D eigenvalue weighted by atomic mass is 35.5. The number of aromatic nitrogens is 1. The van der Waals surface area contributed by atoms with Crippen molar-refractivity contribution in [3.8, 4) is 5.75 Å². The van der Waals surface area contributed by atoms with Crippen molar-refractivity contribution in [2.75, 3.05) is 49.6 Å². The molecule has 0 saturated carbocycles. The molecule has 160 valence electrons. The molecule has 2 saturated heterocycles. The highest BCUT2D eigenvalue weighted by molar-refractivity contribution is 6.00. The summed E-state index contributed by atoms with van der Waals surface area (Å²) < 4.78 is 5.18. The lowest BCUT2D eigenvalue weighted by molar-refractivity contribution is -0.135. The van der Waals surface area contributed by atoms with Crippen LogP contribution in [0.15, 0.2) is 48.7 Å². The first kappa shape index (κ1) is 21.9. The first-order chi connectivity index (χ1) is 14.2. The van der Waals surface area contributed by atoms with Gasteiger partial charge in [-0.05, 0) is 42.8 Å². The minimum atomic E-state index is -0.286. The predicted molar refractivity (Wildman–Crippen MR) is 118 cm³/mol. The molecule has 0 N–H and O–H groups in total. The average molecular weight is 431 g/mol. The molecule has 3 heterocycles. The molecule has 30 heavy (non-hydrogen) atoms. The SMILES string of the molecule is COc1ccc(N2CC(C(=O)N3CCCN(c4ccccn4)CC3)CC2=O)cc1.Cl. The number of anilines is 2. The molecule has 0 radical (unpaired) electrons. The van der Waals surface area contributed by atoms with Gasteiger partial charge in [-0.25, -0.2) is 4.98 Å². The van der Waals surface area contributed by atoms with Gasteiger partial charge in [0.2, 0.25) is 11.8 Å². The molecule has 2 aliphatic rings. The summed E-state index contributed by atoms with van der Waals surface area (Å²) in [6, 6.07) is 13.3. The van der Waals surface area contributed by atoms with Gasteiger partial charge < -0.3 is 19.4 Å². The van der Waals surface area contributed by atoms with Crippen molar-refractivity contribution in [2.24, 2.45) is 5.92 Å². The molecule has 2 aromatic rings. The molecule has 1 aromatic carbocycles. The zero-order chi connectivity index (χ0) is 20.2. The van der Waals surface area contributed by atoms with Gasteiger partial charge in [0, 0.05) is 51.0 Å². The Balaban J connectivity index is 0.00000256. The third-order valence-electron chi connectivity index (χ3n) is 5.64. The zero-order valence-corrected chi connectivity index (χ0v) is 17.9. The van der Waals surface area contributed by atoms with Crippen LogP contribution in [0.4, 0.5) is 11.5 Å². The van der Waals surface area contributed by atoms with Crippen LogP contribution in [0.5, 0.6) is 5.75 Å². The van der Waals surface area contributed by atoms with Gasteiger partial charge in [-0.1, -0.05) is 6.07 Å². The second-order valence-electron chi connectivity index (χ2n) is 7.46. The molecule has 7 nitrogen and oxygen atoms in total. The van der Waals surface area contributed by atoms with Gasteiger partial charge in [0.05, 0.1) is 13.0 Å². The van der Waals surface area contributed by atoms with Crippen LogP contribution < -0.4 is 14.5 Å². The van der Waals surface area contributed by atoms with Gasteiger partial charge in [0.15, 0.2) is 0 Å². The van der Waals surface area contributed by atoms with E-state index in [0.717, 1.165) is 43.3 Å². The molecule has 2 aliphatic heterocycles. The standard InChI is InChI=1S/C22H26N4O3.ClH/c1-29-19-8-6-18(7-9-19)26-16-17(15-21(26)27)22(28)25-12-4-11-24(13-14-25)20-5-2-3-10-23-20;/h2-3,5-10,17H,4,11-16H2,1H3;1H.